The molecule has 0 unspecified atom stereocenters. The van der Waals surface area contributed by atoms with Crippen LogP contribution in [0.25, 0.3) is 0 Å². The van der Waals surface area contributed by atoms with Gasteiger partial charge in [-0.1, -0.05) is 13.3 Å². The van der Waals surface area contributed by atoms with Gasteiger partial charge < -0.3 is 10.8 Å². The summed E-state index contributed by atoms with van der Waals surface area (Å²) in [6, 6.07) is 2.11. The standard InChI is InChI=1S/C9H15NOS/c1-2-3-8(10)7-4-5-12-9(7)6-11/h4-5,8,11H,2-3,6,10H2,1H3/t8-/m0/s1. The highest BCUT2D eigenvalue weighted by molar-refractivity contribution is 7.10. The molecule has 1 heterocycles. The first-order valence-electron chi connectivity index (χ1n) is 4.22. The second-order valence-corrected chi connectivity index (χ2v) is 3.85. The van der Waals surface area contributed by atoms with E-state index >= 15 is 0 Å². The summed E-state index contributed by atoms with van der Waals surface area (Å²) in [5.41, 5.74) is 7.04. The van der Waals surface area contributed by atoms with Crippen molar-refractivity contribution in [2.45, 2.75) is 32.4 Å². The van der Waals surface area contributed by atoms with Crippen molar-refractivity contribution in [2.75, 3.05) is 0 Å². The third-order valence-corrected chi connectivity index (χ3v) is 2.84. The van der Waals surface area contributed by atoms with Gasteiger partial charge >= 0.3 is 0 Å². The van der Waals surface area contributed by atoms with Gasteiger partial charge in [-0.3, -0.25) is 0 Å². The van der Waals surface area contributed by atoms with Gasteiger partial charge in [-0.25, -0.2) is 0 Å². The lowest BCUT2D eigenvalue weighted by Crippen LogP contribution is -2.10. The van der Waals surface area contributed by atoms with Gasteiger partial charge in [-0.05, 0) is 23.4 Å². The van der Waals surface area contributed by atoms with Crippen LogP contribution in [0.4, 0.5) is 0 Å². The molecule has 0 aliphatic rings. The number of aliphatic hydroxyl groups is 1. The third-order valence-electron chi connectivity index (χ3n) is 1.92. The van der Waals surface area contributed by atoms with Crippen LogP contribution in [0, 0.1) is 0 Å². The zero-order valence-electron chi connectivity index (χ0n) is 7.29. The molecule has 2 nitrogen and oxygen atoms in total. The average Bonchev–Trinajstić information content (AvgIpc) is 2.51. The van der Waals surface area contributed by atoms with Crippen LogP contribution in [-0.4, -0.2) is 5.11 Å². The average molecular weight is 185 g/mol. The number of thiophene rings is 1. The largest absolute Gasteiger partial charge is 0.391 e. The van der Waals surface area contributed by atoms with E-state index in [0.29, 0.717) is 0 Å². The molecule has 0 saturated carbocycles. The van der Waals surface area contributed by atoms with Crippen LogP contribution in [0.5, 0.6) is 0 Å². The molecule has 12 heavy (non-hydrogen) atoms. The highest BCUT2D eigenvalue weighted by Gasteiger charge is 2.10. The fourth-order valence-electron chi connectivity index (χ4n) is 1.28. The van der Waals surface area contributed by atoms with Crippen LogP contribution in [0.15, 0.2) is 11.4 Å². The summed E-state index contributed by atoms with van der Waals surface area (Å²) in [6.07, 6.45) is 2.08. The predicted molar refractivity (Wildman–Crippen MR) is 52.1 cm³/mol. The third kappa shape index (κ3) is 2.06. The molecule has 68 valence electrons. The zero-order chi connectivity index (χ0) is 8.97. The molecule has 1 aromatic heterocycles. The molecule has 3 heteroatoms. The van der Waals surface area contributed by atoms with Crippen LogP contribution < -0.4 is 5.73 Å². The molecule has 3 N–H and O–H groups in total. The minimum Gasteiger partial charge on any atom is -0.391 e. The van der Waals surface area contributed by atoms with Gasteiger partial charge in [0.05, 0.1) is 6.61 Å². The highest BCUT2D eigenvalue weighted by atomic mass is 32.1. The normalized spacial score (nSPS) is 13.2. The molecule has 1 aromatic rings. The first kappa shape index (κ1) is 9.71. The second kappa shape index (κ2) is 4.60. The van der Waals surface area contributed by atoms with E-state index < -0.39 is 0 Å². The van der Waals surface area contributed by atoms with E-state index in [1.165, 1.54) is 0 Å². The lowest BCUT2D eigenvalue weighted by molar-refractivity contribution is 0.283. The molecule has 0 fully saturated rings. The molecule has 0 bridgehead atoms. The van der Waals surface area contributed by atoms with E-state index in [9.17, 15) is 0 Å². The molecule has 1 atom stereocenters. The molecular weight excluding hydrogens is 170 g/mol. The van der Waals surface area contributed by atoms with Gasteiger partial charge in [0, 0.05) is 10.9 Å². The van der Waals surface area contributed by atoms with Gasteiger partial charge in [-0.15, -0.1) is 11.3 Å². The molecule has 0 aliphatic carbocycles. The molecule has 0 spiro atoms. The van der Waals surface area contributed by atoms with Gasteiger partial charge in [-0.2, -0.15) is 0 Å². The van der Waals surface area contributed by atoms with Crippen molar-refractivity contribution in [3.05, 3.63) is 21.9 Å². The van der Waals surface area contributed by atoms with Crippen LogP contribution in [0.1, 0.15) is 36.2 Å². The first-order valence-corrected chi connectivity index (χ1v) is 5.10. The Labute approximate surface area is 77.0 Å². The van der Waals surface area contributed by atoms with Crippen molar-refractivity contribution >= 4 is 11.3 Å². The van der Waals surface area contributed by atoms with E-state index in [0.717, 1.165) is 23.3 Å². The Hall–Kier alpha value is -0.380. The van der Waals surface area contributed by atoms with Crippen LogP contribution in [0.2, 0.25) is 0 Å². The lowest BCUT2D eigenvalue weighted by atomic mass is 10.0. The Balaban J connectivity index is 2.71. The Morgan fingerprint density at radius 3 is 3.00 bits per heavy atom. The van der Waals surface area contributed by atoms with Crippen molar-refractivity contribution in [2.24, 2.45) is 5.73 Å². The van der Waals surface area contributed by atoms with Crippen LogP contribution in [-0.2, 0) is 6.61 Å². The SMILES string of the molecule is CCC[C@H](N)c1ccsc1CO. The summed E-state index contributed by atoms with van der Waals surface area (Å²) in [5.74, 6) is 0. The Kier molecular flexibility index (Phi) is 3.72. The summed E-state index contributed by atoms with van der Waals surface area (Å²) in [5, 5.41) is 11.0. The monoisotopic (exact) mass is 185 g/mol. The predicted octanol–water partition coefficient (Wildman–Crippen LogP) is 2.04. The fraction of sp³-hybridized carbons (Fsp3) is 0.556. The van der Waals surface area contributed by atoms with Gasteiger partial charge in [0.25, 0.3) is 0 Å². The summed E-state index contributed by atoms with van der Waals surface area (Å²) in [7, 11) is 0. The van der Waals surface area contributed by atoms with E-state index in [-0.39, 0.29) is 12.6 Å². The fourth-order valence-corrected chi connectivity index (χ4v) is 2.08. The van der Waals surface area contributed by atoms with Crippen LogP contribution in [0.3, 0.4) is 0 Å². The summed E-state index contributed by atoms with van der Waals surface area (Å²) in [6.45, 7) is 2.23. The van der Waals surface area contributed by atoms with Crippen molar-refractivity contribution in [3.63, 3.8) is 0 Å². The first-order chi connectivity index (χ1) is 5.79. The van der Waals surface area contributed by atoms with E-state index in [1.54, 1.807) is 11.3 Å². The van der Waals surface area contributed by atoms with E-state index in [4.69, 9.17) is 10.8 Å². The minimum atomic E-state index is 0.100. The molecule has 0 amide bonds. The maximum absolute atomic E-state index is 8.98. The van der Waals surface area contributed by atoms with Crippen molar-refractivity contribution in [1.82, 2.24) is 0 Å². The highest BCUT2D eigenvalue weighted by Crippen LogP contribution is 2.24. The van der Waals surface area contributed by atoms with E-state index in [1.807, 2.05) is 11.4 Å². The number of aliphatic hydroxyl groups excluding tert-OH is 1. The number of hydrogen-bond acceptors (Lipinski definition) is 3. The molecule has 0 saturated heterocycles. The maximum Gasteiger partial charge on any atom is 0.0777 e. The minimum absolute atomic E-state index is 0.100. The van der Waals surface area contributed by atoms with Gasteiger partial charge in [0.2, 0.25) is 0 Å². The lowest BCUT2D eigenvalue weighted by Gasteiger charge is -2.09. The molecule has 1 rings (SSSR count). The Morgan fingerprint density at radius 2 is 2.42 bits per heavy atom. The summed E-state index contributed by atoms with van der Waals surface area (Å²) >= 11 is 1.57. The van der Waals surface area contributed by atoms with Crippen molar-refractivity contribution in [3.8, 4) is 0 Å². The molecule has 0 aromatic carbocycles. The smallest absolute Gasteiger partial charge is 0.0777 e. The van der Waals surface area contributed by atoms with Gasteiger partial charge in [0.1, 0.15) is 0 Å². The van der Waals surface area contributed by atoms with E-state index in [2.05, 4.69) is 6.92 Å². The van der Waals surface area contributed by atoms with Crippen LogP contribution >= 0.6 is 11.3 Å². The number of rotatable bonds is 4. The second-order valence-electron chi connectivity index (χ2n) is 2.85. The quantitative estimate of drug-likeness (QED) is 0.754. The maximum atomic E-state index is 8.98. The number of nitrogens with two attached hydrogens (primary N) is 1. The molecule has 0 aliphatic heterocycles. The summed E-state index contributed by atoms with van der Waals surface area (Å²) in [4.78, 5) is 1.01. The summed E-state index contributed by atoms with van der Waals surface area (Å²) < 4.78 is 0. The molecule has 0 radical (unpaired) electrons. The Bertz CT molecular complexity index is 234. The topological polar surface area (TPSA) is 46.2 Å². The zero-order valence-corrected chi connectivity index (χ0v) is 8.10. The molecular formula is C9H15NOS. The van der Waals surface area contributed by atoms with Crippen molar-refractivity contribution in [1.29, 1.82) is 0 Å². The van der Waals surface area contributed by atoms with Gasteiger partial charge in [0.15, 0.2) is 0 Å². The number of hydrogen-bond donors (Lipinski definition) is 2. The Morgan fingerprint density at radius 1 is 1.67 bits per heavy atom. The van der Waals surface area contributed by atoms with Crippen molar-refractivity contribution < 1.29 is 5.11 Å².